The average molecular weight is 587 g/mol. The largest absolute Gasteiger partial charge is 0.457 e. The second-order valence-corrected chi connectivity index (χ2v) is 12.2. The molecule has 0 heterocycles. The van der Waals surface area contributed by atoms with Crippen molar-refractivity contribution in [3.05, 3.63) is 107 Å². The Hall–Kier alpha value is -3.94. The molecule has 0 saturated carbocycles. The van der Waals surface area contributed by atoms with Gasteiger partial charge in [0.1, 0.15) is 23.0 Å². The lowest BCUT2D eigenvalue weighted by atomic mass is 9.87. The molecule has 0 aliphatic carbocycles. The predicted molar refractivity (Wildman–Crippen MR) is 152 cm³/mol. The zero-order valence-electron chi connectivity index (χ0n) is 24.2. The molecular formula is C34H32F6O2. The summed E-state index contributed by atoms with van der Waals surface area (Å²) in [6.45, 7) is 12.1. The van der Waals surface area contributed by atoms with Gasteiger partial charge in [-0.3, -0.25) is 0 Å². The van der Waals surface area contributed by atoms with Crippen LogP contribution < -0.4 is 9.47 Å². The van der Waals surface area contributed by atoms with Crippen molar-refractivity contribution < 1.29 is 35.8 Å². The first-order valence-electron chi connectivity index (χ1n) is 13.3. The maximum atomic E-state index is 14.2. The molecule has 0 fully saturated rings. The van der Waals surface area contributed by atoms with Gasteiger partial charge in [-0.25, -0.2) is 0 Å². The minimum absolute atomic E-state index is 0.128. The van der Waals surface area contributed by atoms with Crippen molar-refractivity contribution in [2.45, 2.75) is 64.7 Å². The molecule has 0 atom stereocenters. The van der Waals surface area contributed by atoms with Crippen molar-refractivity contribution in [1.29, 1.82) is 0 Å². The zero-order valence-corrected chi connectivity index (χ0v) is 24.2. The van der Waals surface area contributed by atoms with Crippen LogP contribution in [0.25, 0.3) is 11.1 Å². The molecule has 0 saturated heterocycles. The molecule has 4 rings (SSSR count). The number of halogens is 6. The zero-order chi connectivity index (χ0) is 31.1. The summed E-state index contributed by atoms with van der Waals surface area (Å²) in [6.07, 6.45) is -9.89. The molecule has 0 radical (unpaired) electrons. The van der Waals surface area contributed by atoms with Crippen molar-refractivity contribution in [2.24, 2.45) is 0 Å². The maximum absolute atomic E-state index is 14.2. The smallest absolute Gasteiger partial charge is 0.417 e. The third kappa shape index (κ3) is 7.27. The van der Waals surface area contributed by atoms with E-state index in [-0.39, 0.29) is 22.3 Å². The second-order valence-electron chi connectivity index (χ2n) is 12.2. The Balaban J connectivity index is 1.70. The van der Waals surface area contributed by atoms with Crippen LogP contribution >= 0.6 is 0 Å². The number of rotatable bonds is 5. The maximum Gasteiger partial charge on any atom is 0.417 e. The van der Waals surface area contributed by atoms with Gasteiger partial charge in [0.05, 0.1) is 11.1 Å². The van der Waals surface area contributed by atoms with E-state index < -0.39 is 34.6 Å². The van der Waals surface area contributed by atoms with Gasteiger partial charge in [-0.15, -0.1) is 0 Å². The number of ether oxygens (including phenoxy) is 2. The lowest BCUT2D eigenvalue weighted by Crippen LogP contribution is -2.12. The third-order valence-electron chi connectivity index (χ3n) is 6.80. The fourth-order valence-corrected chi connectivity index (χ4v) is 4.43. The number of alkyl halides is 6. The van der Waals surface area contributed by atoms with Gasteiger partial charge >= 0.3 is 12.4 Å². The Kier molecular flexibility index (Phi) is 8.15. The molecule has 0 N–H and O–H groups in total. The van der Waals surface area contributed by atoms with Crippen LogP contribution in [-0.2, 0) is 23.2 Å². The minimum Gasteiger partial charge on any atom is -0.457 e. The molecule has 222 valence electrons. The number of hydrogen-bond acceptors (Lipinski definition) is 2. The standard InChI is InChI=1S/C34H32F6O2/c1-31(2,3)21-7-11-23(12-8-21)41-25-15-17-27(29(19-25)33(35,36)37)28-18-16-26(20-30(28)34(38,39)40)42-24-13-9-22(10-14-24)32(4,5)6/h7-20H,1-6H3. The molecule has 0 bridgehead atoms. The van der Waals surface area contributed by atoms with E-state index in [2.05, 4.69) is 0 Å². The molecule has 2 nitrogen and oxygen atoms in total. The summed E-state index contributed by atoms with van der Waals surface area (Å²) in [5.74, 6) is 0.303. The Morgan fingerprint density at radius 1 is 0.405 bits per heavy atom. The highest BCUT2D eigenvalue weighted by molar-refractivity contribution is 5.74. The molecule has 8 heteroatoms. The molecule has 0 aliphatic heterocycles. The van der Waals surface area contributed by atoms with Crippen LogP contribution in [0.15, 0.2) is 84.9 Å². The summed E-state index contributed by atoms with van der Waals surface area (Å²) in [7, 11) is 0. The Morgan fingerprint density at radius 2 is 0.690 bits per heavy atom. The SMILES string of the molecule is CC(C)(C)c1ccc(Oc2ccc(-c3ccc(Oc4ccc(C(C)(C)C)cc4)cc3C(F)(F)F)c(C(F)(F)F)c2)cc1. The normalized spacial score (nSPS) is 12.8. The van der Waals surface area contributed by atoms with E-state index in [1.807, 2.05) is 65.8 Å². The number of hydrogen-bond donors (Lipinski definition) is 0. The third-order valence-corrected chi connectivity index (χ3v) is 6.80. The molecular weight excluding hydrogens is 554 g/mol. The topological polar surface area (TPSA) is 18.5 Å². The fraction of sp³-hybridized carbons (Fsp3) is 0.294. The number of benzene rings is 4. The summed E-state index contributed by atoms with van der Waals surface area (Å²) in [5.41, 5.74) is -1.97. The van der Waals surface area contributed by atoms with E-state index in [1.165, 1.54) is 12.1 Å². The molecule has 0 aliphatic rings. The molecule has 0 aromatic heterocycles. The highest BCUT2D eigenvalue weighted by atomic mass is 19.4. The first-order chi connectivity index (χ1) is 19.3. The van der Waals surface area contributed by atoms with Crippen LogP contribution in [0.2, 0.25) is 0 Å². The summed E-state index contributed by atoms with van der Waals surface area (Å²) in [5, 5.41) is 0. The summed E-state index contributed by atoms with van der Waals surface area (Å²) >= 11 is 0. The van der Waals surface area contributed by atoms with E-state index in [9.17, 15) is 26.3 Å². The van der Waals surface area contributed by atoms with Gasteiger partial charge in [-0.05, 0) is 81.6 Å². The first-order valence-corrected chi connectivity index (χ1v) is 13.3. The molecule has 0 amide bonds. The van der Waals surface area contributed by atoms with E-state index in [1.54, 1.807) is 24.3 Å². The fourth-order valence-electron chi connectivity index (χ4n) is 4.43. The molecule has 42 heavy (non-hydrogen) atoms. The van der Waals surface area contributed by atoms with Crippen LogP contribution in [0.3, 0.4) is 0 Å². The quantitative estimate of drug-likeness (QED) is 0.217. The van der Waals surface area contributed by atoms with Gasteiger partial charge in [-0.1, -0.05) is 77.9 Å². The van der Waals surface area contributed by atoms with Gasteiger partial charge < -0.3 is 9.47 Å². The van der Waals surface area contributed by atoms with Crippen LogP contribution in [0.1, 0.15) is 63.8 Å². The van der Waals surface area contributed by atoms with Gasteiger partial charge in [0.25, 0.3) is 0 Å². The molecule has 4 aromatic carbocycles. The van der Waals surface area contributed by atoms with Gasteiger partial charge in [-0.2, -0.15) is 26.3 Å². The Bertz CT molecular complexity index is 1420. The van der Waals surface area contributed by atoms with E-state index in [0.717, 1.165) is 23.3 Å². The van der Waals surface area contributed by atoms with Crippen LogP contribution in [0.4, 0.5) is 26.3 Å². The van der Waals surface area contributed by atoms with Crippen molar-refractivity contribution in [3.63, 3.8) is 0 Å². The molecule has 0 spiro atoms. The van der Waals surface area contributed by atoms with Crippen molar-refractivity contribution in [3.8, 4) is 34.1 Å². The van der Waals surface area contributed by atoms with Crippen molar-refractivity contribution >= 4 is 0 Å². The van der Waals surface area contributed by atoms with Crippen LogP contribution in [-0.4, -0.2) is 0 Å². The lowest BCUT2D eigenvalue weighted by molar-refractivity contribution is -0.139. The van der Waals surface area contributed by atoms with Crippen LogP contribution in [0.5, 0.6) is 23.0 Å². The Labute approximate surface area is 241 Å². The van der Waals surface area contributed by atoms with Gasteiger partial charge in [0.15, 0.2) is 0 Å². The van der Waals surface area contributed by atoms with Gasteiger partial charge in [0, 0.05) is 0 Å². The van der Waals surface area contributed by atoms with Crippen LogP contribution in [0, 0.1) is 0 Å². The van der Waals surface area contributed by atoms with Crippen molar-refractivity contribution in [1.82, 2.24) is 0 Å². The van der Waals surface area contributed by atoms with E-state index in [0.29, 0.717) is 23.6 Å². The summed E-state index contributed by atoms with van der Waals surface area (Å²) in [4.78, 5) is 0. The highest BCUT2D eigenvalue weighted by Gasteiger charge is 2.39. The minimum atomic E-state index is -4.95. The van der Waals surface area contributed by atoms with Crippen molar-refractivity contribution in [2.75, 3.05) is 0 Å². The highest BCUT2D eigenvalue weighted by Crippen LogP contribution is 2.45. The van der Waals surface area contributed by atoms with E-state index >= 15 is 0 Å². The predicted octanol–water partition coefficient (Wildman–Crippen LogP) is 11.6. The van der Waals surface area contributed by atoms with Gasteiger partial charge in [0.2, 0.25) is 0 Å². The monoisotopic (exact) mass is 586 g/mol. The first kappa shape index (κ1) is 31.0. The second kappa shape index (κ2) is 11.0. The molecule has 0 unspecified atom stereocenters. The Morgan fingerprint density at radius 3 is 0.952 bits per heavy atom. The lowest BCUT2D eigenvalue weighted by Gasteiger charge is -2.21. The van der Waals surface area contributed by atoms with E-state index in [4.69, 9.17) is 9.47 Å². The molecule has 4 aromatic rings. The summed E-state index contributed by atoms with van der Waals surface area (Å²) < 4.78 is 96.4. The average Bonchev–Trinajstić information content (AvgIpc) is 2.87. The summed E-state index contributed by atoms with van der Waals surface area (Å²) in [6, 6.07) is 19.7.